The molecule has 0 radical (unpaired) electrons. The highest BCUT2D eigenvalue weighted by Gasteiger charge is 2.20. The van der Waals surface area contributed by atoms with Gasteiger partial charge in [0.2, 0.25) is 0 Å². The lowest BCUT2D eigenvalue weighted by Crippen LogP contribution is -2.16. The predicted octanol–water partition coefficient (Wildman–Crippen LogP) is 5.73. The lowest BCUT2D eigenvalue weighted by molar-refractivity contribution is -0.384. The van der Waals surface area contributed by atoms with E-state index < -0.39 is 32.6 Å². The topological polar surface area (TPSA) is 205 Å². The molecule has 238 valence electrons. The smallest absolute Gasteiger partial charge is 0.303 e. The van der Waals surface area contributed by atoms with E-state index in [4.69, 9.17) is 10.2 Å². The van der Waals surface area contributed by atoms with Gasteiger partial charge >= 0.3 is 11.9 Å². The van der Waals surface area contributed by atoms with E-state index in [-0.39, 0.29) is 45.8 Å². The third-order valence-corrected chi connectivity index (χ3v) is 8.18. The molecule has 0 aliphatic heterocycles. The van der Waals surface area contributed by atoms with Crippen molar-refractivity contribution in [1.29, 1.82) is 0 Å². The molecule has 2 aromatic heterocycles. The molecule has 0 spiro atoms. The second-order valence-corrected chi connectivity index (χ2v) is 11.2. The molecule has 5 aromatic rings. The molecule has 2 heterocycles. The van der Waals surface area contributed by atoms with E-state index >= 15 is 0 Å². The van der Waals surface area contributed by atoms with Crippen LogP contribution in [-0.4, -0.2) is 41.1 Å². The number of fused-ring (bicyclic) bond motifs is 4. The maximum absolute atomic E-state index is 13.9. The summed E-state index contributed by atoms with van der Waals surface area (Å²) < 4.78 is 3.59. The van der Waals surface area contributed by atoms with Crippen molar-refractivity contribution in [3.63, 3.8) is 0 Å². The van der Waals surface area contributed by atoms with Crippen LogP contribution in [0.15, 0.2) is 58.1 Å². The molecule has 0 saturated heterocycles. The molecule has 0 unspecified atom stereocenters. The number of nitrogens with zero attached hydrogens (tertiary/aromatic N) is 4. The second kappa shape index (κ2) is 13.1. The van der Waals surface area contributed by atoms with Crippen molar-refractivity contribution in [1.82, 2.24) is 9.13 Å². The second-order valence-electron chi connectivity index (χ2n) is 11.2. The minimum Gasteiger partial charge on any atom is -0.481 e. The molecule has 2 N–H and O–H groups in total. The number of pyridine rings is 2. The Morgan fingerprint density at radius 1 is 0.565 bits per heavy atom. The van der Waals surface area contributed by atoms with Crippen LogP contribution in [0.2, 0.25) is 0 Å². The van der Waals surface area contributed by atoms with E-state index in [1.54, 1.807) is 21.3 Å². The molecular formula is C32H30N4O10. The Hall–Kier alpha value is -5.66. The largest absolute Gasteiger partial charge is 0.481 e. The van der Waals surface area contributed by atoms with Crippen LogP contribution in [0.1, 0.15) is 51.4 Å². The Bertz CT molecular complexity index is 2030. The van der Waals surface area contributed by atoms with Gasteiger partial charge in [0.15, 0.2) is 10.9 Å². The quantitative estimate of drug-likeness (QED) is 0.0659. The number of nitro groups is 2. The number of rotatable bonds is 14. The molecule has 0 aliphatic carbocycles. The lowest BCUT2D eigenvalue weighted by atomic mass is 10.0. The summed E-state index contributed by atoms with van der Waals surface area (Å²) in [6, 6.07) is 11.1. The van der Waals surface area contributed by atoms with Crippen LogP contribution < -0.4 is 10.9 Å². The van der Waals surface area contributed by atoms with Crippen molar-refractivity contribution in [2.45, 2.75) is 64.5 Å². The van der Waals surface area contributed by atoms with E-state index in [0.717, 1.165) is 0 Å². The third-order valence-electron chi connectivity index (χ3n) is 8.18. The molecule has 5 rings (SSSR count). The van der Waals surface area contributed by atoms with Crippen molar-refractivity contribution in [2.75, 3.05) is 0 Å². The molecule has 0 fully saturated rings. The van der Waals surface area contributed by atoms with Crippen molar-refractivity contribution in [2.24, 2.45) is 0 Å². The predicted molar refractivity (Wildman–Crippen MR) is 171 cm³/mol. The molecule has 0 amide bonds. The van der Waals surface area contributed by atoms with Gasteiger partial charge in [-0.15, -0.1) is 0 Å². The molecule has 0 saturated carbocycles. The van der Waals surface area contributed by atoms with Gasteiger partial charge in [-0.25, -0.2) is 0 Å². The van der Waals surface area contributed by atoms with Gasteiger partial charge in [-0.1, -0.05) is 12.8 Å². The van der Waals surface area contributed by atoms with Crippen LogP contribution in [-0.2, 0) is 22.7 Å². The fourth-order valence-corrected chi connectivity index (χ4v) is 5.97. The zero-order chi connectivity index (χ0) is 33.1. The van der Waals surface area contributed by atoms with Gasteiger partial charge in [-0.2, -0.15) is 0 Å². The number of aromatic nitrogens is 2. The van der Waals surface area contributed by atoms with E-state index in [2.05, 4.69) is 0 Å². The third kappa shape index (κ3) is 6.27. The van der Waals surface area contributed by atoms with E-state index in [9.17, 15) is 39.4 Å². The van der Waals surface area contributed by atoms with Crippen LogP contribution in [0.4, 0.5) is 11.4 Å². The minimum absolute atomic E-state index is 0.00243. The Labute approximate surface area is 259 Å². The van der Waals surface area contributed by atoms with Crippen LogP contribution in [0.5, 0.6) is 0 Å². The Kier molecular flexibility index (Phi) is 9.07. The number of carboxylic acids is 2. The van der Waals surface area contributed by atoms with Crippen molar-refractivity contribution in [3.05, 3.63) is 89.2 Å². The molecule has 14 nitrogen and oxygen atoms in total. The first-order valence-corrected chi connectivity index (χ1v) is 14.8. The molecule has 0 atom stereocenters. The first-order chi connectivity index (χ1) is 22.0. The highest BCUT2D eigenvalue weighted by molar-refractivity contribution is 6.04. The average molecular weight is 631 g/mol. The van der Waals surface area contributed by atoms with Crippen LogP contribution in [0.25, 0.3) is 43.6 Å². The minimum atomic E-state index is -0.913. The highest BCUT2D eigenvalue weighted by atomic mass is 16.6. The standard InChI is InChI=1S/C32H30N4O10/c37-29(38)7-3-1-5-13-33-25-11-9-19(35(43)44)15-21(25)31(41)23-18-28-24(17-27(23)33)32(42)22-16-20(36(45)46)10-12-26(22)34(28)14-6-2-4-8-30(39)40/h9-12,15-18H,1-8,13-14H2,(H,37,38)(H,39,40). The van der Waals surface area contributed by atoms with Crippen molar-refractivity contribution >= 4 is 66.9 Å². The average Bonchev–Trinajstić information content (AvgIpc) is 3.02. The van der Waals surface area contributed by atoms with Gasteiger partial charge in [0.05, 0.1) is 42.7 Å². The maximum Gasteiger partial charge on any atom is 0.303 e. The number of benzene rings is 3. The van der Waals surface area contributed by atoms with Crippen molar-refractivity contribution < 1.29 is 29.6 Å². The summed E-state index contributed by atoms with van der Waals surface area (Å²) in [5.41, 5.74) is 0.155. The van der Waals surface area contributed by atoms with Gasteiger partial charge in [0, 0.05) is 61.0 Å². The number of non-ortho nitro benzene ring substituents is 2. The van der Waals surface area contributed by atoms with Gasteiger partial charge in [-0.3, -0.25) is 39.4 Å². The summed E-state index contributed by atoms with van der Waals surface area (Å²) in [6.07, 6.45) is 3.04. The molecule has 0 aliphatic rings. The Morgan fingerprint density at radius 3 is 1.28 bits per heavy atom. The summed E-state index contributed by atoms with van der Waals surface area (Å²) in [7, 11) is 0. The highest BCUT2D eigenvalue weighted by Crippen LogP contribution is 2.30. The fraction of sp³-hybridized carbons (Fsp3) is 0.312. The van der Waals surface area contributed by atoms with Gasteiger partial charge < -0.3 is 19.3 Å². The first-order valence-electron chi connectivity index (χ1n) is 14.8. The number of nitro benzene ring substituents is 2. The van der Waals surface area contributed by atoms with E-state index in [0.29, 0.717) is 73.7 Å². The molecule has 3 aromatic carbocycles. The molecule has 0 bridgehead atoms. The van der Waals surface area contributed by atoms with E-state index in [1.807, 2.05) is 0 Å². The lowest BCUT2D eigenvalue weighted by Gasteiger charge is -2.19. The van der Waals surface area contributed by atoms with Crippen molar-refractivity contribution in [3.8, 4) is 0 Å². The summed E-state index contributed by atoms with van der Waals surface area (Å²) in [4.78, 5) is 71.8. The molecule has 14 heteroatoms. The van der Waals surface area contributed by atoms with Gasteiger partial charge in [0.25, 0.3) is 11.4 Å². The number of hydrogen-bond donors (Lipinski definition) is 2. The summed E-state index contributed by atoms with van der Waals surface area (Å²) in [5.74, 6) is -1.83. The van der Waals surface area contributed by atoms with Crippen LogP contribution in [0.3, 0.4) is 0 Å². The number of aryl methyl sites for hydroxylation is 2. The summed E-state index contributed by atoms with van der Waals surface area (Å²) in [6.45, 7) is 0.653. The monoisotopic (exact) mass is 630 g/mol. The fourth-order valence-electron chi connectivity index (χ4n) is 5.97. The summed E-state index contributed by atoms with van der Waals surface area (Å²) >= 11 is 0. The van der Waals surface area contributed by atoms with Gasteiger partial charge in [0.1, 0.15) is 0 Å². The number of aliphatic carboxylic acids is 2. The zero-order valence-electron chi connectivity index (χ0n) is 24.6. The number of carbonyl (C=O) groups is 2. The first kappa shape index (κ1) is 31.8. The number of carboxylic acid groups (broad SMARTS) is 2. The SMILES string of the molecule is O=C(O)CCCCCn1c2ccc([N+](=O)[O-])cc2c(=O)c2cc3c(cc21)c(=O)c1cc([N+](=O)[O-])ccc1n3CCCCCC(=O)O. The van der Waals surface area contributed by atoms with E-state index in [1.165, 1.54) is 36.4 Å². The van der Waals surface area contributed by atoms with Gasteiger partial charge in [-0.05, 0) is 49.9 Å². The number of unbranched alkanes of at least 4 members (excludes halogenated alkanes) is 4. The molecule has 46 heavy (non-hydrogen) atoms. The zero-order valence-corrected chi connectivity index (χ0v) is 24.6. The maximum atomic E-state index is 13.9. The normalized spacial score (nSPS) is 11.5. The number of hydrogen-bond acceptors (Lipinski definition) is 8. The summed E-state index contributed by atoms with van der Waals surface area (Å²) in [5, 5.41) is 41.8. The Morgan fingerprint density at radius 2 is 0.935 bits per heavy atom. The van der Waals surface area contributed by atoms with Crippen LogP contribution in [0, 0.1) is 20.2 Å². The Balaban J connectivity index is 1.78. The van der Waals surface area contributed by atoms with Crippen LogP contribution >= 0.6 is 0 Å². The molecular weight excluding hydrogens is 600 g/mol.